The number of aryl methyl sites for hydroxylation is 1. The number of halogens is 2. The SMILES string of the molecule is COc1ccc(-n2nc3cc(C)c(NC(=O)c4ccc(Cl)c([N+](=O)[O-])c4)cc3n2)cc1Cl. The Labute approximate surface area is 191 Å². The Balaban J connectivity index is 1.65. The second-order valence-electron chi connectivity index (χ2n) is 6.84. The van der Waals surface area contributed by atoms with Crippen LogP contribution in [-0.2, 0) is 0 Å². The van der Waals surface area contributed by atoms with Gasteiger partial charge in [0.25, 0.3) is 11.6 Å². The number of hydrogen-bond acceptors (Lipinski definition) is 6. The van der Waals surface area contributed by atoms with Crippen molar-refractivity contribution in [2.75, 3.05) is 12.4 Å². The third-order valence-corrected chi connectivity index (χ3v) is 5.36. The van der Waals surface area contributed by atoms with Crippen molar-refractivity contribution in [2.24, 2.45) is 0 Å². The molecule has 1 aromatic heterocycles. The first kappa shape index (κ1) is 21.5. The van der Waals surface area contributed by atoms with Crippen LogP contribution in [0.4, 0.5) is 11.4 Å². The largest absolute Gasteiger partial charge is 0.495 e. The zero-order chi connectivity index (χ0) is 23.0. The third-order valence-electron chi connectivity index (χ3n) is 4.75. The van der Waals surface area contributed by atoms with Crippen molar-refractivity contribution in [2.45, 2.75) is 6.92 Å². The third kappa shape index (κ3) is 4.08. The van der Waals surface area contributed by atoms with E-state index in [1.54, 1.807) is 30.3 Å². The lowest BCUT2D eigenvalue weighted by Gasteiger charge is -2.08. The van der Waals surface area contributed by atoms with Crippen molar-refractivity contribution in [1.29, 1.82) is 0 Å². The van der Waals surface area contributed by atoms with Crippen LogP contribution in [0, 0.1) is 17.0 Å². The van der Waals surface area contributed by atoms with Crippen LogP contribution in [0.25, 0.3) is 16.7 Å². The molecule has 0 atom stereocenters. The molecule has 0 aliphatic heterocycles. The molecule has 32 heavy (non-hydrogen) atoms. The van der Waals surface area contributed by atoms with Gasteiger partial charge < -0.3 is 10.1 Å². The Kier molecular flexibility index (Phi) is 5.68. The number of carbonyl (C=O) groups excluding carboxylic acids is 1. The van der Waals surface area contributed by atoms with Gasteiger partial charge in [0.05, 0.1) is 22.7 Å². The fourth-order valence-electron chi connectivity index (χ4n) is 3.09. The number of nitrogens with zero attached hydrogens (tertiary/aromatic N) is 4. The Morgan fingerprint density at radius 1 is 1.06 bits per heavy atom. The van der Waals surface area contributed by atoms with Crippen molar-refractivity contribution in [1.82, 2.24) is 15.0 Å². The van der Waals surface area contributed by atoms with Gasteiger partial charge in [-0.05, 0) is 55.0 Å². The van der Waals surface area contributed by atoms with E-state index in [0.29, 0.717) is 33.2 Å². The highest BCUT2D eigenvalue weighted by atomic mass is 35.5. The van der Waals surface area contributed by atoms with E-state index < -0.39 is 10.8 Å². The molecule has 0 bridgehead atoms. The number of fused-ring (bicyclic) bond motifs is 1. The van der Waals surface area contributed by atoms with Crippen molar-refractivity contribution in [3.05, 3.63) is 79.8 Å². The van der Waals surface area contributed by atoms with Crippen LogP contribution in [0.3, 0.4) is 0 Å². The van der Waals surface area contributed by atoms with E-state index in [-0.39, 0.29) is 16.3 Å². The summed E-state index contributed by atoms with van der Waals surface area (Å²) >= 11 is 12.0. The molecule has 11 heteroatoms. The van der Waals surface area contributed by atoms with Gasteiger partial charge in [0.2, 0.25) is 0 Å². The van der Waals surface area contributed by atoms with Crippen LogP contribution in [-0.4, -0.2) is 32.9 Å². The average molecular weight is 472 g/mol. The van der Waals surface area contributed by atoms with E-state index in [1.165, 1.54) is 24.0 Å². The lowest BCUT2D eigenvalue weighted by atomic mass is 10.1. The summed E-state index contributed by atoms with van der Waals surface area (Å²) in [5.41, 5.74) is 2.82. The fourth-order valence-corrected chi connectivity index (χ4v) is 3.52. The van der Waals surface area contributed by atoms with Gasteiger partial charge in [-0.3, -0.25) is 14.9 Å². The van der Waals surface area contributed by atoms with Crippen molar-refractivity contribution < 1.29 is 14.5 Å². The smallest absolute Gasteiger partial charge is 0.288 e. The number of nitro benzene ring substituents is 1. The summed E-state index contributed by atoms with van der Waals surface area (Å²) < 4.78 is 5.16. The average Bonchev–Trinajstić information content (AvgIpc) is 3.16. The molecule has 0 aliphatic carbocycles. The highest BCUT2D eigenvalue weighted by Crippen LogP contribution is 2.28. The first-order valence-corrected chi connectivity index (χ1v) is 9.99. The number of anilines is 1. The number of benzene rings is 3. The molecule has 0 fully saturated rings. The molecule has 1 heterocycles. The molecule has 0 aliphatic rings. The first-order chi connectivity index (χ1) is 15.3. The van der Waals surface area contributed by atoms with E-state index in [2.05, 4.69) is 15.5 Å². The summed E-state index contributed by atoms with van der Waals surface area (Å²) in [4.78, 5) is 24.6. The Morgan fingerprint density at radius 2 is 1.78 bits per heavy atom. The van der Waals surface area contributed by atoms with E-state index >= 15 is 0 Å². The van der Waals surface area contributed by atoms with Crippen molar-refractivity contribution >= 4 is 51.5 Å². The highest BCUT2D eigenvalue weighted by molar-refractivity contribution is 6.33. The van der Waals surface area contributed by atoms with Crippen LogP contribution >= 0.6 is 23.2 Å². The van der Waals surface area contributed by atoms with Gasteiger partial charge in [-0.25, -0.2) is 0 Å². The minimum Gasteiger partial charge on any atom is -0.495 e. The van der Waals surface area contributed by atoms with Crippen LogP contribution in [0.1, 0.15) is 15.9 Å². The van der Waals surface area contributed by atoms with Gasteiger partial charge in [0.15, 0.2) is 0 Å². The molecule has 1 N–H and O–H groups in total. The van der Waals surface area contributed by atoms with Gasteiger partial charge in [0.1, 0.15) is 21.8 Å². The standard InChI is InChI=1S/C21H15Cl2N5O4/c1-11-7-17-18(26-27(25-17)13-4-6-20(32-2)15(23)9-13)10-16(11)24-21(29)12-3-5-14(22)19(8-12)28(30)31/h3-10H,1-2H3,(H,24,29). The van der Waals surface area contributed by atoms with E-state index in [1.807, 2.05) is 6.92 Å². The summed E-state index contributed by atoms with van der Waals surface area (Å²) in [5, 5.41) is 23.1. The van der Waals surface area contributed by atoms with Gasteiger partial charge in [-0.1, -0.05) is 23.2 Å². The zero-order valence-corrected chi connectivity index (χ0v) is 18.3. The van der Waals surface area contributed by atoms with E-state index in [4.69, 9.17) is 27.9 Å². The maximum Gasteiger partial charge on any atom is 0.288 e. The molecule has 0 spiro atoms. The Bertz CT molecular complexity index is 1390. The molecule has 0 saturated heterocycles. The number of rotatable bonds is 5. The fraction of sp³-hybridized carbons (Fsp3) is 0.0952. The first-order valence-electron chi connectivity index (χ1n) is 9.23. The summed E-state index contributed by atoms with van der Waals surface area (Å²) in [7, 11) is 1.53. The van der Waals surface area contributed by atoms with Gasteiger partial charge in [-0.15, -0.1) is 10.2 Å². The number of nitro groups is 1. The van der Waals surface area contributed by atoms with Gasteiger partial charge in [-0.2, -0.15) is 4.80 Å². The van der Waals surface area contributed by atoms with Gasteiger partial charge >= 0.3 is 0 Å². The number of amides is 1. The number of nitrogens with one attached hydrogen (secondary N) is 1. The number of aromatic nitrogens is 3. The molecule has 0 unspecified atom stereocenters. The Hall–Kier alpha value is -3.69. The molecule has 1 amide bonds. The van der Waals surface area contributed by atoms with Crippen LogP contribution in [0.2, 0.25) is 10.0 Å². The lowest BCUT2D eigenvalue weighted by molar-refractivity contribution is -0.384. The number of ether oxygens (including phenoxy) is 1. The van der Waals surface area contributed by atoms with Crippen LogP contribution < -0.4 is 10.1 Å². The summed E-state index contributed by atoms with van der Waals surface area (Å²) in [6, 6.07) is 12.5. The molecular formula is C21H15Cl2N5O4. The number of methoxy groups -OCH3 is 1. The lowest BCUT2D eigenvalue weighted by Crippen LogP contribution is -2.13. The topological polar surface area (TPSA) is 112 Å². The maximum absolute atomic E-state index is 12.7. The molecule has 3 aromatic carbocycles. The minimum atomic E-state index is -0.639. The predicted octanol–water partition coefficient (Wildman–Crippen LogP) is 5.20. The van der Waals surface area contributed by atoms with Crippen molar-refractivity contribution in [3.8, 4) is 11.4 Å². The molecule has 4 aromatic rings. The molecule has 4 rings (SSSR count). The summed E-state index contributed by atoms with van der Waals surface area (Å²) in [6.07, 6.45) is 0. The monoisotopic (exact) mass is 471 g/mol. The second kappa shape index (κ2) is 8.45. The molecule has 162 valence electrons. The maximum atomic E-state index is 12.7. The van der Waals surface area contributed by atoms with Gasteiger partial charge in [0, 0.05) is 17.3 Å². The quantitative estimate of drug-likeness (QED) is 0.316. The number of hydrogen-bond donors (Lipinski definition) is 1. The predicted molar refractivity (Wildman–Crippen MR) is 121 cm³/mol. The molecule has 9 nitrogen and oxygen atoms in total. The molecule has 0 saturated carbocycles. The second-order valence-corrected chi connectivity index (χ2v) is 7.66. The van der Waals surface area contributed by atoms with E-state index in [0.717, 1.165) is 11.6 Å². The van der Waals surface area contributed by atoms with Crippen LogP contribution in [0.15, 0.2) is 48.5 Å². The van der Waals surface area contributed by atoms with E-state index in [9.17, 15) is 14.9 Å². The normalized spacial score (nSPS) is 10.9. The summed E-state index contributed by atoms with van der Waals surface area (Å²) in [5.74, 6) is 0.0250. The zero-order valence-electron chi connectivity index (χ0n) is 16.8. The highest BCUT2D eigenvalue weighted by Gasteiger charge is 2.18. The molecular weight excluding hydrogens is 457 g/mol. The minimum absolute atomic E-state index is 0.0422. The molecule has 0 radical (unpaired) electrons. The van der Waals surface area contributed by atoms with Crippen LogP contribution in [0.5, 0.6) is 5.75 Å². The number of carbonyl (C=O) groups is 1. The summed E-state index contributed by atoms with van der Waals surface area (Å²) in [6.45, 7) is 1.81. The van der Waals surface area contributed by atoms with Crippen molar-refractivity contribution in [3.63, 3.8) is 0 Å². The Morgan fingerprint density at radius 3 is 2.44 bits per heavy atom.